The fourth-order valence-electron chi connectivity index (χ4n) is 0.253. The second kappa shape index (κ2) is 10.4. The summed E-state index contributed by atoms with van der Waals surface area (Å²) in [5, 5.41) is 0. The third-order valence-corrected chi connectivity index (χ3v) is 0.898. The van der Waals surface area contributed by atoms with Crippen molar-refractivity contribution < 1.29 is 4.79 Å². The zero-order chi connectivity index (χ0) is 7.70. The van der Waals surface area contributed by atoms with Crippen molar-refractivity contribution in [1.29, 1.82) is 0 Å². The van der Waals surface area contributed by atoms with Crippen molar-refractivity contribution in [2.75, 3.05) is 5.75 Å². The molecule has 2 N–H and O–H groups in total. The first-order chi connectivity index (χ1) is 4.27. The Hall–Kier alpha value is -0.620. The molecule has 0 spiro atoms. The summed E-state index contributed by atoms with van der Waals surface area (Å²) in [7, 11) is 0. The van der Waals surface area contributed by atoms with Crippen molar-refractivity contribution in [2.45, 2.75) is 12.8 Å². The number of nitrogens with two attached hydrogens (primary N) is 1. The summed E-state index contributed by atoms with van der Waals surface area (Å²) < 4.78 is 0. The van der Waals surface area contributed by atoms with E-state index in [0.29, 0.717) is 6.42 Å². The number of rotatable bonds is 3. The summed E-state index contributed by atoms with van der Waals surface area (Å²) >= 11 is 3.89. The normalized spacial score (nSPS) is 7.00. The second-order valence-corrected chi connectivity index (χ2v) is 1.74. The Morgan fingerprint density at radius 2 is 2.00 bits per heavy atom. The minimum Gasteiger partial charge on any atom is -0.370 e. The molecule has 0 saturated heterocycles. The molecule has 0 aliphatic heterocycles. The summed E-state index contributed by atoms with van der Waals surface area (Å²) in [5.41, 5.74) is 4.81. The average Bonchev–Trinajstić information content (AvgIpc) is 1.88. The predicted octanol–water partition coefficient (Wildman–Crippen LogP) is 0.431. The van der Waals surface area contributed by atoms with E-state index in [2.05, 4.69) is 25.5 Å². The minimum atomic E-state index is -0.242. The Morgan fingerprint density at radius 3 is 2.11 bits per heavy atom. The smallest absolute Gasteiger partial charge is 0.217 e. The summed E-state index contributed by atoms with van der Waals surface area (Å²) in [6, 6.07) is 0. The van der Waals surface area contributed by atoms with Crippen molar-refractivity contribution in [3.05, 3.63) is 0 Å². The topological polar surface area (TPSA) is 43.1 Å². The molecule has 0 fully saturated rings. The highest BCUT2D eigenvalue weighted by Gasteiger charge is 1.88. The Labute approximate surface area is 61.2 Å². The van der Waals surface area contributed by atoms with Gasteiger partial charge < -0.3 is 5.73 Å². The first-order valence-corrected chi connectivity index (χ1v) is 3.13. The third-order valence-electron chi connectivity index (χ3n) is 0.581. The molecular weight excluding hydrogens is 134 g/mol. The van der Waals surface area contributed by atoms with Crippen LogP contribution >= 0.6 is 12.6 Å². The van der Waals surface area contributed by atoms with E-state index in [4.69, 9.17) is 5.73 Å². The number of terminal acetylenes is 1. The van der Waals surface area contributed by atoms with Gasteiger partial charge in [0.2, 0.25) is 5.91 Å². The van der Waals surface area contributed by atoms with Crippen LogP contribution in [0.15, 0.2) is 0 Å². The molecule has 0 bridgehead atoms. The first-order valence-electron chi connectivity index (χ1n) is 2.50. The SMILES string of the molecule is C#C.NC(=O)CCCS. The number of primary amides is 1. The molecule has 0 aromatic carbocycles. The van der Waals surface area contributed by atoms with Crippen molar-refractivity contribution in [1.82, 2.24) is 0 Å². The molecule has 0 saturated carbocycles. The Balaban J connectivity index is 0. The second-order valence-electron chi connectivity index (χ2n) is 1.29. The highest BCUT2D eigenvalue weighted by Crippen LogP contribution is 1.87. The van der Waals surface area contributed by atoms with Gasteiger partial charge in [-0.25, -0.2) is 0 Å². The molecule has 3 heteroatoms. The van der Waals surface area contributed by atoms with Gasteiger partial charge in [-0.05, 0) is 12.2 Å². The molecule has 0 aromatic rings. The molecule has 0 radical (unpaired) electrons. The van der Waals surface area contributed by atoms with Crippen LogP contribution in [0.25, 0.3) is 0 Å². The first kappa shape index (κ1) is 11.2. The predicted molar refractivity (Wildman–Crippen MR) is 42.2 cm³/mol. The zero-order valence-corrected chi connectivity index (χ0v) is 6.10. The van der Waals surface area contributed by atoms with E-state index in [9.17, 15) is 4.79 Å². The van der Waals surface area contributed by atoms with E-state index in [1.54, 1.807) is 0 Å². The lowest BCUT2D eigenvalue weighted by molar-refractivity contribution is -0.118. The summed E-state index contributed by atoms with van der Waals surface area (Å²) in [4.78, 5) is 9.95. The average molecular weight is 145 g/mol. The maximum Gasteiger partial charge on any atom is 0.217 e. The van der Waals surface area contributed by atoms with Crippen molar-refractivity contribution in [3.63, 3.8) is 0 Å². The maximum atomic E-state index is 9.95. The Morgan fingerprint density at radius 1 is 1.56 bits per heavy atom. The highest BCUT2D eigenvalue weighted by molar-refractivity contribution is 7.80. The van der Waals surface area contributed by atoms with Crippen LogP contribution in [0.5, 0.6) is 0 Å². The van der Waals surface area contributed by atoms with Crippen molar-refractivity contribution in [2.24, 2.45) is 5.73 Å². The van der Waals surface area contributed by atoms with Crippen LogP contribution in [0.4, 0.5) is 0 Å². The molecule has 0 aliphatic carbocycles. The number of thiol groups is 1. The molecule has 1 amide bonds. The monoisotopic (exact) mass is 145 g/mol. The van der Waals surface area contributed by atoms with Gasteiger partial charge in [0.05, 0.1) is 0 Å². The van der Waals surface area contributed by atoms with Crippen LogP contribution in [-0.2, 0) is 4.79 Å². The number of hydrogen-bond acceptors (Lipinski definition) is 2. The van der Waals surface area contributed by atoms with Gasteiger partial charge in [0.25, 0.3) is 0 Å². The van der Waals surface area contributed by atoms with Gasteiger partial charge in [-0.1, -0.05) is 0 Å². The van der Waals surface area contributed by atoms with Gasteiger partial charge in [0.1, 0.15) is 0 Å². The highest BCUT2D eigenvalue weighted by atomic mass is 32.1. The van der Waals surface area contributed by atoms with E-state index in [-0.39, 0.29) is 5.91 Å². The van der Waals surface area contributed by atoms with Gasteiger partial charge in [-0.2, -0.15) is 12.6 Å². The quantitative estimate of drug-likeness (QED) is 0.439. The van der Waals surface area contributed by atoms with Crippen LogP contribution in [0.1, 0.15) is 12.8 Å². The molecule has 0 unspecified atom stereocenters. The zero-order valence-electron chi connectivity index (χ0n) is 5.21. The van der Waals surface area contributed by atoms with Crippen molar-refractivity contribution in [3.8, 4) is 12.8 Å². The van der Waals surface area contributed by atoms with Gasteiger partial charge in [-0.15, -0.1) is 12.8 Å². The molecule has 0 aliphatic rings. The van der Waals surface area contributed by atoms with Gasteiger partial charge in [0, 0.05) is 6.42 Å². The summed E-state index contributed by atoms with van der Waals surface area (Å²) in [6.07, 6.45) is 9.25. The van der Waals surface area contributed by atoms with Crippen LogP contribution in [0.3, 0.4) is 0 Å². The van der Waals surface area contributed by atoms with Gasteiger partial charge in [0.15, 0.2) is 0 Å². The Kier molecular flexibility index (Phi) is 12.9. The van der Waals surface area contributed by atoms with Crippen LogP contribution in [0.2, 0.25) is 0 Å². The standard InChI is InChI=1S/C4H9NOS.C2H2/c5-4(6)2-1-3-7;1-2/h7H,1-3H2,(H2,5,6);1-2H. The van der Waals surface area contributed by atoms with E-state index in [1.807, 2.05) is 0 Å². The molecule has 0 rings (SSSR count). The number of carbonyl (C=O) groups excluding carboxylic acids is 1. The van der Waals surface area contributed by atoms with Gasteiger partial charge >= 0.3 is 0 Å². The van der Waals surface area contributed by atoms with Crippen LogP contribution in [0, 0.1) is 12.8 Å². The molecule has 0 atom stereocenters. The molecule has 0 heterocycles. The van der Waals surface area contributed by atoms with Crippen molar-refractivity contribution >= 4 is 18.5 Å². The Bertz CT molecular complexity index is 90.3. The molecule has 52 valence electrons. The summed E-state index contributed by atoms with van der Waals surface area (Å²) in [5.74, 6) is 0.497. The van der Waals surface area contributed by atoms with E-state index in [0.717, 1.165) is 12.2 Å². The van der Waals surface area contributed by atoms with E-state index < -0.39 is 0 Å². The van der Waals surface area contributed by atoms with Crippen LogP contribution < -0.4 is 5.73 Å². The lowest BCUT2D eigenvalue weighted by Gasteiger charge is -1.86. The molecule has 0 aromatic heterocycles. The number of carbonyl (C=O) groups is 1. The van der Waals surface area contributed by atoms with Gasteiger partial charge in [-0.3, -0.25) is 4.79 Å². The van der Waals surface area contributed by atoms with Crippen LogP contribution in [-0.4, -0.2) is 11.7 Å². The lowest BCUT2D eigenvalue weighted by atomic mass is 10.3. The minimum absolute atomic E-state index is 0.242. The molecule has 2 nitrogen and oxygen atoms in total. The number of amides is 1. The summed E-state index contributed by atoms with van der Waals surface area (Å²) in [6.45, 7) is 0. The van der Waals surface area contributed by atoms with E-state index in [1.165, 1.54) is 0 Å². The number of hydrogen-bond donors (Lipinski definition) is 2. The van der Waals surface area contributed by atoms with E-state index >= 15 is 0 Å². The maximum absolute atomic E-state index is 9.95. The third kappa shape index (κ3) is 18.7. The fraction of sp³-hybridized carbons (Fsp3) is 0.500. The molecule has 9 heavy (non-hydrogen) atoms. The largest absolute Gasteiger partial charge is 0.370 e. The fourth-order valence-corrected chi connectivity index (χ4v) is 0.411. The lowest BCUT2D eigenvalue weighted by Crippen LogP contribution is -2.09. The molecular formula is C6H11NOS.